The SMILES string of the molecule is Cc1ccc(SCc2cc(C#CCO)cs2)cc1C. The second kappa shape index (κ2) is 6.81. The monoisotopic (exact) mass is 288 g/mol. The Kier molecular flexibility index (Phi) is 5.09. The molecule has 0 saturated heterocycles. The van der Waals surface area contributed by atoms with Gasteiger partial charge in [0.25, 0.3) is 0 Å². The smallest absolute Gasteiger partial charge is 0.104 e. The van der Waals surface area contributed by atoms with Gasteiger partial charge in [-0.15, -0.1) is 23.1 Å². The zero-order valence-corrected chi connectivity index (χ0v) is 12.7. The van der Waals surface area contributed by atoms with Gasteiger partial charge in [0.15, 0.2) is 0 Å². The van der Waals surface area contributed by atoms with Crippen LogP contribution in [0.15, 0.2) is 34.5 Å². The van der Waals surface area contributed by atoms with Crippen LogP contribution >= 0.6 is 23.1 Å². The van der Waals surface area contributed by atoms with E-state index >= 15 is 0 Å². The van der Waals surface area contributed by atoms with Crippen LogP contribution in [0, 0.1) is 25.7 Å². The van der Waals surface area contributed by atoms with E-state index < -0.39 is 0 Å². The predicted octanol–water partition coefficient (Wildman–Crippen LogP) is 4.00. The molecule has 3 heteroatoms. The fourth-order valence-corrected chi connectivity index (χ4v) is 3.49. The zero-order chi connectivity index (χ0) is 13.7. The van der Waals surface area contributed by atoms with E-state index in [1.165, 1.54) is 20.9 Å². The molecule has 0 fully saturated rings. The first-order valence-electron chi connectivity index (χ1n) is 6.06. The average Bonchev–Trinajstić information content (AvgIpc) is 2.86. The van der Waals surface area contributed by atoms with Gasteiger partial charge in [0.05, 0.1) is 0 Å². The van der Waals surface area contributed by atoms with Crippen molar-refractivity contribution in [1.29, 1.82) is 0 Å². The largest absolute Gasteiger partial charge is 0.384 e. The Balaban J connectivity index is 1.98. The Morgan fingerprint density at radius 2 is 2.05 bits per heavy atom. The second-order valence-electron chi connectivity index (χ2n) is 4.30. The van der Waals surface area contributed by atoms with Crippen molar-refractivity contribution in [3.05, 3.63) is 51.2 Å². The van der Waals surface area contributed by atoms with Crippen LogP contribution in [0.4, 0.5) is 0 Å². The summed E-state index contributed by atoms with van der Waals surface area (Å²) in [4.78, 5) is 2.62. The molecule has 2 rings (SSSR count). The molecular weight excluding hydrogens is 272 g/mol. The number of aliphatic hydroxyl groups excluding tert-OH is 1. The van der Waals surface area contributed by atoms with Crippen molar-refractivity contribution in [3.63, 3.8) is 0 Å². The van der Waals surface area contributed by atoms with Crippen molar-refractivity contribution < 1.29 is 5.11 Å². The first-order chi connectivity index (χ1) is 9.19. The minimum Gasteiger partial charge on any atom is -0.384 e. The van der Waals surface area contributed by atoms with Gasteiger partial charge in [0.1, 0.15) is 6.61 Å². The Labute approximate surface area is 122 Å². The Bertz CT molecular complexity index is 617. The fraction of sp³-hybridized carbons (Fsp3) is 0.250. The number of thioether (sulfide) groups is 1. The number of hydrogen-bond acceptors (Lipinski definition) is 3. The summed E-state index contributed by atoms with van der Waals surface area (Å²) in [6.07, 6.45) is 0. The quantitative estimate of drug-likeness (QED) is 0.680. The molecule has 0 aliphatic rings. The minimum absolute atomic E-state index is 0.0808. The number of aliphatic hydroxyl groups is 1. The first-order valence-corrected chi connectivity index (χ1v) is 7.93. The maximum Gasteiger partial charge on any atom is 0.104 e. The van der Waals surface area contributed by atoms with Gasteiger partial charge in [0.2, 0.25) is 0 Å². The molecule has 98 valence electrons. The molecule has 1 nitrogen and oxygen atoms in total. The molecule has 1 heterocycles. The highest BCUT2D eigenvalue weighted by molar-refractivity contribution is 7.98. The number of benzene rings is 1. The summed E-state index contributed by atoms with van der Waals surface area (Å²) >= 11 is 3.57. The molecule has 1 aromatic carbocycles. The fourth-order valence-electron chi connectivity index (χ4n) is 1.62. The van der Waals surface area contributed by atoms with Gasteiger partial charge in [-0.3, -0.25) is 0 Å². The topological polar surface area (TPSA) is 20.2 Å². The van der Waals surface area contributed by atoms with Crippen molar-refractivity contribution in [1.82, 2.24) is 0 Å². The number of rotatable bonds is 3. The van der Waals surface area contributed by atoms with Crippen molar-refractivity contribution in [2.24, 2.45) is 0 Å². The van der Waals surface area contributed by atoms with Gasteiger partial charge < -0.3 is 5.11 Å². The second-order valence-corrected chi connectivity index (χ2v) is 6.34. The van der Waals surface area contributed by atoms with Crippen LogP contribution in [0.3, 0.4) is 0 Å². The van der Waals surface area contributed by atoms with Crippen molar-refractivity contribution in [3.8, 4) is 11.8 Å². The standard InChI is InChI=1S/C16H16OS2/c1-12-5-6-15(8-13(12)2)19-11-16-9-14(10-18-16)4-3-7-17/h5-6,8-10,17H,7,11H2,1-2H3. The van der Waals surface area contributed by atoms with Crippen molar-refractivity contribution in [2.75, 3.05) is 6.61 Å². The van der Waals surface area contributed by atoms with E-state index in [9.17, 15) is 0 Å². The third kappa shape index (κ3) is 4.14. The van der Waals surface area contributed by atoms with Gasteiger partial charge in [-0.25, -0.2) is 0 Å². The summed E-state index contributed by atoms with van der Waals surface area (Å²) in [6, 6.07) is 8.68. The van der Waals surface area contributed by atoms with Crippen molar-refractivity contribution in [2.45, 2.75) is 24.5 Å². The van der Waals surface area contributed by atoms with Gasteiger partial charge in [0, 0.05) is 26.5 Å². The minimum atomic E-state index is -0.0808. The highest BCUT2D eigenvalue weighted by Gasteiger charge is 2.01. The summed E-state index contributed by atoms with van der Waals surface area (Å²) in [6.45, 7) is 4.20. The Morgan fingerprint density at radius 1 is 1.21 bits per heavy atom. The first kappa shape index (κ1) is 14.2. The highest BCUT2D eigenvalue weighted by Crippen LogP contribution is 2.27. The summed E-state index contributed by atoms with van der Waals surface area (Å²) in [5.41, 5.74) is 3.67. The Morgan fingerprint density at radius 3 is 2.79 bits per heavy atom. The molecule has 0 amide bonds. The zero-order valence-electron chi connectivity index (χ0n) is 11.1. The molecule has 0 aliphatic carbocycles. The summed E-state index contributed by atoms with van der Waals surface area (Å²) in [5.74, 6) is 6.57. The molecule has 0 radical (unpaired) electrons. The van der Waals surface area contributed by atoms with Crippen LogP contribution in [-0.2, 0) is 5.75 Å². The molecule has 1 aromatic heterocycles. The van der Waals surface area contributed by atoms with Crippen LogP contribution in [-0.4, -0.2) is 11.7 Å². The van der Waals surface area contributed by atoms with E-state index in [2.05, 4.69) is 50.0 Å². The normalized spacial score (nSPS) is 10.1. The van der Waals surface area contributed by atoms with E-state index in [1.54, 1.807) is 11.3 Å². The summed E-state index contributed by atoms with van der Waals surface area (Å²) < 4.78 is 0. The highest BCUT2D eigenvalue weighted by atomic mass is 32.2. The van der Waals surface area contributed by atoms with Gasteiger partial charge in [-0.1, -0.05) is 17.9 Å². The lowest BCUT2D eigenvalue weighted by Crippen LogP contribution is -1.81. The molecule has 0 unspecified atom stereocenters. The maximum absolute atomic E-state index is 8.66. The summed E-state index contributed by atoms with van der Waals surface area (Å²) in [7, 11) is 0. The molecule has 0 saturated carbocycles. The van der Waals surface area contributed by atoms with Crippen LogP contribution in [0.2, 0.25) is 0 Å². The van der Waals surface area contributed by atoms with Crippen LogP contribution in [0.1, 0.15) is 21.6 Å². The lowest BCUT2D eigenvalue weighted by molar-refractivity contribution is 0.350. The predicted molar refractivity (Wildman–Crippen MR) is 83.8 cm³/mol. The van der Waals surface area contributed by atoms with Crippen molar-refractivity contribution >= 4 is 23.1 Å². The van der Waals surface area contributed by atoms with E-state index in [-0.39, 0.29) is 6.61 Å². The summed E-state index contributed by atoms with van der Waals surface area (Å²) in [5, 5.41) is 10.7. The Hall–Kier alpha value is -1.21. The third-order valence-corrected chi connectivity index (χ3v) is 4.99. The number of hydrogen-bond donors (Lipinski definition) is 1. The van der Waals surface area contributed by atoms with E-state index in [4.69, 9.17) is 5.11 Å². The lowest BCUT2D eigenvalue weighted by Gasteiger charge is -2.03. The number of aryl methyl sites for hydroxylation is 2. The van der Waals surface area contributed by atoms with Gasteiger partial charge in [-0.2, -0.15) is 0 Å². The molecule has 0 spiro atoms. The van der Waals surface area contributed by atoms with Crippen LogP contribution in [0.5, 0.6) is 0 Å². The van der Waals surface area contributed by atoms with E-state index in [0.29, 0.717) is 0 Å². The molecule has 0 bridgehead atoms. The lowest BCUT2D eigenvalue weighted by atomic mass is 10.1. The molecule has 1 N–H and O–H groups in total. The number of thiophene rings is 1. The third-order valence-electron chi connectivity index (χ3n) is 2.83. The maximum atomic E-state index is 8.66. The van der Waals surface area contributed by atoms with E-state index in [0.717, 1.165) is 11.3 Å². The van der Waals surface area contributed by atoms with Gasteiger partial charge in [-0.05, 0) is 43.2 Å². The van der Waals surface area contributed by atoms with Crippen LogP contribution in [0.25, 0.3) is 0 Å². The van der Waals surface area contributed by atoms with Gasteiger partial charge >= 0.3 is 0 Å². The molecule has 2 aromatic rings. The molecule has 0 atom stereocenters. The molecular formula is C16H16OS2. The molecule has 0 aliphatic heterocycles. The van der Waals surface area contributed by atoms with E-state index in [1.807, 2.05) is 17.1 Å². The molecule has 19 heavy (non-hydrogen) atoms. The van der Waals surface area contributed by atoms with Crippen LogP contribution < -0.4 is 0 Å². The average molecular weight is 288 g/mol.